The third-order valence-corrected chi connectivity index (χ3v) is 5.72. The fraction of sp³-hybridized carbons (Fsp3) is 0.111. The van der Waals surface area contributed by atoms with E-state index in [2.05, 4.69) is 25.9 Å². The highest BCUT2D eigenvalue weighted by Gasteiger charge is 2.17. The molecule has 7 heteroatoms. The smallest absolute Gasteiger partial charge is 0.286 e. The molecule has 0 radical (unpaired) electrons. The molecule has 0 aliphatic rings. The van der Waals surface area contributed by atoms with Crippen LogP contribution in [0, 0.1) is 0 Å². The number of thioether (sulfide) groups is 1. The zero-order valence-electron chi connectivity index (χ0n) is 13.4. The van der Waals surface area contributed by atoms with Crippen molar-refractivity contribution in [2.45, 2.75) is 10.9 Å². The molecule has 0 unspecified atom stereocenters. The van der Waals surface area contributed by atoms with Gasteiger partial charge in [-0.3, -0.25) is 9.48 Å². The van der Waals surface area contributed by atoms with Crippen LogP contribution in [-0.2, 0) is 12.8 Å². The van der Waals surface area contributed by atoms with E-state index in [9.17, 15) is 4.79 Å². The first-order chi connectivity index (χ1) is 12.1. The maximum atomic E-state index is 12.6. The second kappa shape index (κ2) is 6.57. The highest BCUT2D eigenvalue weighted by Crippen LogP contribution is 2.26. The van der Waals surface area contributed by atoms with Gasteiger partial charge in [0.05, 0.1) is 22.4 Å². The standard InChI is InChI=1S/C18H15BrN4OS/c1-22-15(11-25-18-20-13-9-5-6-10-14(13)21-18)16(19)17(24)23(22)12-7-3-2-4-8-12/h2-10H,11H2,1H3,(H,20,21). The van der Waals surface area contributed by atoms with Gasteiger partial charge in [-0.2, -0.15) is 0 Å². The molecule has 0 saturated heterocycles. The molecule has 5 nitrogen and oxygen atoms in total. The van der Waals surface area contributed by atoms with Crippen LogP contribution >= 0.6 is 27.7 Å². The summed E-state index contributed by atoms with van der Waals surface area (Å²) in [5.41, 5.74) is 3.66. The average molecular weight is 415 g/mol. The Labute approximate surface area is 156 Å². The number of rotatable bonds is 4. The summed E-state index contributed by atoms with van der Waals surface area (Å²) in [5.74, 6) is 0.631. The van der Waals surface area contributed by atoms with Crippen molar-refractivity contribution >= 4 is 38.7 Å². The van der Waals surface area contributed by atoms with Gasteiger partial charge in [0, 0.05) is 12.8 Å². The predicted octanol–water partition coefficient (Wildman–Crippen LogP) is 4.11. The lowest BCUT2D eigenvalue weighted by atomic mass is 10.3. The first-order valence-corrected chi connectivity index (χ1v) is 9.52. The Hall–Kier alpha value is -2.25. The van der Waals surface area contributed by atoms with E-state index in [1.165, 1.54) is 0 Å². The van der Waals surface area contributed by atoms with Gasteiger partial charge >= 0.3 is 0 Å². The monoisotopic (exact) mass is 414 g/mol. The van der Waals surface area contributed by atoms with Crippen molar-refractivity contribution in [1.82, 2.24) is 19.3 Å². The fourth-order valence-corrected chi connectivity index (χ4v) is 4.47. The minimum atomic E-state index is -0.0612. The van der Waals surface area contributed by atoms with E-state index in [0.29, 0.717) is 10.2 Å². The van der Waals surface area contributed by atoms with Crippen molar-refractivity contribution in [2.75, 3.05) is 0 Å². The molecular weight excluding hydrogens is 400 g/mol. The van der Waals surface area contributed by atoms with Gasteiger partial charge in [-0.15, -0.1) is 0 Å². The van der Waals surface area contributed by atoms with Crippen LogP contribution in [0.3, 0.4) is 0 Å². The molecule has 2 heterocycles. The molecule has 25 heavy (non-hydrogen) atoms. The number of hydrogen-bond acceptors (Lipinski definition) is 3. The van der Waals surface area contributed by atoms with E-state index in [0.717, 1.165) is 27.6 Å². The molecule has 0 fully saturated rings. The summed E-state index contributed by atoms with van der Waals surface area (Å²) in [6, 6.07) is 17.6. The third kappa shape index (κ3) is 2.94. The Kier molecular flexibility index (Phi) is 4.27. The molecule has 2 aromatic heterocycles. The second-order valence-electron chi connectivity index (χ2n) is 5.58. The molecule has 4 aromatic rings. The van der Waals surface area contributed by atoms with Gasteiger partial charge in [0.15, 0.2) is 5.16 Å². The largest absolute Gasteiger partial charge is 0.333 e. The van der Waals surface area contributed by atoms with Crippen molar-refractivity contribution < 1.29 is 0 Å². The van der Waals surface area contributed by atoms with E-state index in [-0.39, 0.29) is 5.56 Å². The van der Waals surface area contributed by atoms with Crippen LogP contribution in [0.1, 0.15) is 5.69 Å². The van der Waals surface area contributed by atoms with Crippen LogP contribution in [0.15, 0.2) is 69.0 Å². The van der Waals surface area contributed by atoms with Crippen LogP contribution in [-0.4, -0.2) is 19.3 Å². The Balaban J connectivity index is 1.66. The number of aromatic amines is 1. The zero-order valence-corrected chi connectivity index (χ0v) is 15.8. The van der Waals surface area contributed by atoms with Crippen LogP contribution in [0.2, 0.25) is 0 Å². The molecule has 2 aromatic carbocycles. The average Bonchev–Trinajstić information content (AvgIpc) is 3.13. The molecule has 4 rings (SSSR count). The van der Waals surface area contributed by atoms with Gasteiger partial charge in [0.25, 0.3) is 5.56 Å². The zero-order chi connectivity index (χ0) is 17.4. The molecule has 0 amide bonds. The van der Waals surface area contributed by atoms with Gasteiger partial charge < -0.3 is 4.98 Å². The lowest BCUT2D eigenvalue weighted by molar-refractivity contribution is 0.627. The topological polar surface area (TPSA) is 55.6 Å². The summed E-state index contributed by atoms with van der Waals surface area (Å²) in [5, 5.41) is 0.841. The summed E-state index contributed by atoms with van der Waals surface area (Å²) < 4.78 is 4.14. The first kappa shape index (κ1) is 16.2. The molecule has 0 aliphatic heterocycles. The van der Waals surface area contributed by atoms with Gasteiger partial charge in [-0.25, -0.2) is 9.67 Å². The van der Waals surface area contributed by atoms with Crippen molar-refractivity contribution in [2.24, 2.45) is 7.05 Å². The number of nitrogens with one attached hydrogen (secondary N) is 1. The molecular formula is C18H15BrN4OS. The highest BCUT2D eigenvalue weighted by molar-refractivity contribution is 9.10. The first-order valence-electron chi connectivity index (χ1n) is 7.74. The number of halogens is 1. The molecule has 0 bridgehead atoms. The number of imidazole rings is 1. The fourth-order valence-electron chi connectivity index (χ4n) is 2.77. The molecule has 1 N–H and O–H groups in total. The van der Waals surface area contributed by atoms with E-state index in [1.807, 2.05) is 66.3 Å². The summed E-state index contributed by atoms with van der Waals surface area (Å²) in [6.45, 7) is 0. The van der Waals surface area contributed by atoms with Crippen molar-refractivity contribution in [3.8, 4) is 5.69 Å². The Bertz CT molecular complexity index is 1060. The molecule has 0 spiro atoms. The summed E-state index contributed by atoms with van der Waals surface area (Å²) in [7, 11) is 1.90. The lowest BCUT2D eigenvalue weighted by Crippen LogP contribution is -2.19. The normalized spacial score (nSPS) is 11.3. The lowest BCUT2D eigenvalue weighted by Gasteiger charge is -2.09. The highest BCUT2D eigenvalue weighted by atomic mass is 79.9. The number of nitrogens with zero attached hydrogens (tertiary/aromatic N) is 3. The van der Waals surface area contributed by atoms with Crippen LogP contribution in [0.5, 0.6) is 0 Å². The van der Waals surface area contributed by atoms with Crippen molar-refractivity contribution in [3.63, 3.8) is 0 Å². The number of benzene rings is 2. The Morgan fingerprint density at radius 1 is 1.12 bits per heavy atom. The Morgan fingerprint density at radius 3 is 2.60 bits per heavy atom. The molecule has 0 atom stereocenters. The maximum absolute atomic E-state index is 12.6. The second-order valence-corrected chi connectivity index (χ2v) is 7.34. The van der Waals surface area contributed by atoms with Crippen LogP contribution in [0.25, 0.3) is 16.7 Å². The van der Waals surface area contributed by atoms with Gasteiger partial charge in [-0.1, -0.05) is 42.1 Å². The number of fused-ring (bicyclic) bond motifs is 1. The number of para-hydroxylation sites is 3. The van der Waals surface area contributed by atoms with Gasteiger partial charge in [0.1, 0.15) is 4.47 Å². The number of hydrogen-bond donors (Lipinski definition) is 1. The predicted molar refractivity (Wildman–Crippen MR) is 104 cm³/mol. The minimum Gasteiger partial charge on any atom is -0.333 e. The summed E-state index contributed by atoms with van der Waals surface area (Å²) in [6.07, 6.45) is 0. The third-order valence-electron chi connectivity index (χ3n) is 4.04. The van der Waals surface area contributed by atoms with E-state index >= 15 is 0 Å². The van der Waals surface area contributed by atoms with Crippen LogP contribution in [0.4, 0.5) is 0 Å². The molecule has 126 valence electrons. The van der Waals surface area contributed by atoms with Gasteiger partial charge in [-0.05, 0) is 40.2 Å². The number of H-pyrrole nitrogens is 1. The molecule has 0 saturated carbocycles. The SMILES string of the molecule is Cn1c(CSc2nc3ccccc3[nH]2)c(Br)c(=O)n1-c1ccccc1. The molecule has 0 aliphatic carbocycles. The van der Waals surface area contributed by atoms with Crippen molar-refractivity contribution in [1.29, 1.82) is 0 Å². The van der Waals surface area contributed by atoms with Crippen LogP contribution < -0.4 is 5.56 Å². The van der Waals surface area contributed by atoms with Crippen molar-refractivity contribution in [3.05, 3.63) is 75.1 Å². The summed E-state index contributed by atoms with van der Waals surface area (Å²) in [4.78, 5) is 20.5. The number of aromatic nitrogens is 4. The maximum Gasteiger partial charge on any atom is 0.286 e. The summed E-state index contributed by atoms with van der Waals surface area (Å²) >= 11 is 5.03. The Morgan fingerprint density at radius 2 is 1.84 bits per heavy atom. The van der Waals surface area contributed by atoms with E-state index < -0.39 is 0 Å². The minimum absolute atomic E-state index is 0.0612. The van der Waals surface area contributed by atoms with E-state index in [4.69, 9.17) is 0 Å². The quantitative estimate of drug-likeness (QED) is 0.511. The van der Waals surface area contributed by atoms with E-state index in [1.54, 1.807) is 16.4 Å². The van der Waals surface area contributed by atoms with Gasteiger partial charge in [0.2, 0.25) is 0 Å².